The summed E-state index contributed by atoms with van der Waals surface area (Å²) in [5.41, 5.74) is 0.732. The van der Waals surface area contributed by atoms with Crippen molar-refractivity contribution in [1.82, 2.24) is 0 Å². The third-order valence-corrected chi connectivity index (χ3v) is 1.46. The first-order chi connectivity index (χ1) is 6.26. The Morgan fingerprint density at radius 2 is 2.00 bits per heavy atom. The van der Waals surface area contributed by atoms with E-state index < -0.39 is 5.82 Å². The van der Waals surface area contributed by atoms with E-state index in [-0.39, 0.29) is 11.4 Å². The number of halogens is 2. The lowest BCUT2D eigenvalue weighted by atomic mass is 10.1. The molecule has 64 valence electrons. The van der Waals surface area contributed by atoms with Crippen molar-refractivity contribution in [2.45, 2.75) is 0 Å². The van der Waals surface area contributed by atoms with Gasteiger partial charge in [-0.15, -0.1) is 11.6 Å². The van der Waals surface area contributed by atoms with Gasteiger partial charge in [-0.05, 0) is 18.2 Å². The zero-order chi connectivity index (χ0) is 9.68. The zero-order valence-corrected chi connectivity index (χ0v) is 7.40. The van der Waals surface area contributed by atoms with Crippen molar-refractivity contribution in [3.63, 3.8) is 0 Å². The molecule has 0 radical (unpaired) electrons. The molecule has 0 fully saturated rings. The molecule has 1 aromatic carbocycles. The number of hydrogen-bond acceptors (Lipinski definition) is 1. The molecule has 0 saturated carbocycles. The third-order valence-electron chi connectivity index (χ3n) is 1.33. The Kier molecular flexibility index (Phi) is 3.31. The average molecular weight is 194 g/mol. The minimum absolute atomic E-state index is 0.193. The predicted molar refractivity (Wildman–Crippen MR) is 48.7 cm³/mol. The van der Waals surface area contributed by atoms with Crippen molar-refractivity contribution in [2.75, 3.05) is 5.88 Å². The molecule has 0 saturated heterocycles. The smallest absolute Gasteiger partial charge is 0.125 e. The molecular weight excluding hydrogens is 189 g/mol. The summed E-state index contributed by atoms with van der Waals surface area (Å²) in [7, 11) is 0. The lowest BCUT2D eigenvalue weighted by Gasteiger charge is -1.92. The van der Waals surface area contributed by atoms with Crippen LogP contribution in [-0.2, 0) is 0 Å². The van der Waals surface area contributed by atoms with Crippen molar-refractivity contribution in [2.24, 2.45) is 0 Å². The van der Waals surface area contributed by atoms with Crippen molar-refractivity contribution < 1.29 is 4.39 Å². The van der Waals surface area contributed by atoms with E-state index in [2.05, 4.69) is 11.8 Å². The molecule has 0 heterocycles. The van der Waals surface area contributed by atoms with Crippen LogP contribution in [0.5, 0.6) is 0 Å². The van der Waals surface area contributed by atoms with E-state index in [0.29, 0.717) is 5.56 Å². The van der Waals surface area contributed by atoms with Crippen LogP contribution in [0, 0.1) is 29.0 Å². The van der Waals surface area contributed by atoms with E-state index in [9.17, 15) is 4.39 Å². The maximum Gasteiger partial charge on any atom is 0.125 e. The molecule has 13 heavy (non-hydrogen) atoms. The van der Waals surface area contributed by atoms with Crippen molar-refractivity contribution >= 4 is 11.6 Å². The number of benzene rings is 1. The fourth-order valence-electron chi connectivity index (χ4n) is 0.862. The van der Waals surface area contributed by atoms with Gasteiger partial charge in [0.05, 0.1) is 17.5 Å². The summed E-state index contributed by atoms with van der Waals surface area (Å²) < 4.78 is 12.8. The molecule has 0 unspecified atom stereocenters. The Hall–Kier alpha value is -1.51. The molecule has 0 amide bonds. The molecule has 0 aliphatic heterocycles. The molecule has 3 heteroatoms. The van der Waals surface area contributed by atoms with Crippen LogP contribution in [-0.4, -0.2) is 5.88 Å². The highest BCUT2D eigenvalue weighted by Crippen LogP contribution is 2.06. The molecular formula is C10H5ClFN. The van der Waals surface area contributed by atoms with Gasteiger partial charge in [0, 0.05) is 5.56 Å². The van der Waals surface area contributed by atoms with Crippen LogP contribution in [0.25, 0.3) is 0 Å². The highest BCUT2D eigenvalue weighted by atomic mass is 35.5. The molecule has 1 rings (SSSR count). The standard InChI is InChI=1S/C10H5ClFN/c11-3-1-2-8-4-9(7-13)6-10(12)5-8/h4-6H,3H2. The van der Waals surface area contributed by atoms with Gasteiger partial charge >= 0.3 is 0 Å². The van der Waals surface area contributed by atoms with E-state index >= 15 is 0 Å². The van der Waals surface area contributed by atoms with Gasteiger partial charge in [-0.3, -0.25) is 0 Å². The van der Waals surface area contributed by atoms with E-state index in [1.54, 1.807) is 0 Å². The first-order valence-electron chi connectivity index (χ1n) is 3.52. The minimum atomic E-state index is -0.460. The number of alkyl halides is 1. The van der Waals surface area contributed by atoms with Crippen LogP contribution in [0.3, 0.4) is 0 Å². The summed E-state index contributed by atoms with van der Waals surface area (Å²) in [6, 6.07) is 5.78. The molecule has 0 aliphatic rings. The summed E-state index contributed by atoms with van der Waals surface area (Å²) >= 11 is 5.33. The fourth-order valence-corrected chi connectivity index (χ4v) is 0.929. The Bertz CT molecular complexity index is 409. The monoisotopic (exact) mass is 193 g/mol. The SMILES string of the molecule is N#Cc1cc(F)cc(C#CCCl)c1. The van der Waals surface area contributed by atoms with Crippen molar-refractivity contribution in [1.29, 1.82) is 5.26 Å². The Morgan fingerprint density at radius 1 is 1.31 bits per heavy atom. The van der Waals surface area contributed by atoms with Crippen LogP contribution in [0.1, 0.15) is 11.1 Å². The second kappa shape index (κ2) is 4.50. The number of hydrogen-bond donors (Lipinski definition) is 0. The summed E-state index contributed by atoms with van der Waals surface area (Å²) in [5, 5.41) is 8.52. The van der Waals surface area contributed by atoms with Gasteiger partial charge in [0.15, 0.2) is 0 Å². The summed E-state index contributed by atoms with van der Waals surface area (Å²) in [4.78, 5) is 0. The lowest BCUT2D eigenvalue weighted by Crippen LogP contribution is -1.83. The molecule has 0 N–H and O–H groups in total. The lowest BCUT2D eigenvalue weighted by molar-refractivity contribution is 0.627. The Morgan fingerprint density at radius 3 is 2.62 bits per heavy atom. The summed E-state index contributed by atoms with van der Waals surface area (Å²) in [5.74, 6) is 4.95. The maximum atomic E-state index is 12.8. The zero-order valence-electron chi connectivity index (χ0n) is 6.64. The normalized spacial score (nSPS) is 8.38. The van der Waals surface area contributed by atoms with Gasteiger partial charge in [-0.2, -0.15) is 5.26 Å². The van der Waals surface area contributed by atoms with Gasteiger partial charge in [-0.25, -0.2) is 4.39 Å². The van der Waals surface area contributed by atoms with Gasteiger partial charge in [-0.1, -0.05) is 11.8 Å². The van der Waals surface area contributed by atoms with Crippen LogP contribution in [0.4, 0.5) is 4.39 Å². The summed E-state index contributed by atoms with van der Waals surface area (Å²) in [6.45, 7) is 0. The highest BCUT2D eigenvalue weighted by molar-refractivity contribution is 6.19. The van der Waals surface area contributed by atoms with E-state index in [0.717, 1.165) is 6.07 Å². The molecule has 0 aromatic heterocycles. The summed E-state index contributed by atoms with van der Waals surface area (Å²) in [6.07, 6.45) is 0. The Labute approximate surface area is 80.8 Å². The van der Waals surface area contributed by atoms with E-state index in [1.165, 1.54) is 12.1 Å². The van der Waals surface area contributed by atoms with Gasteiger partial charge in [0.2, 0.25) is 0 Å². The van der Waals surface area contributed by atoms with Gasteiger partial charge in [0.25, 0.3) is 0 Å². The molecule has 1 aromatic rings. The topological polar surface area (TPSA) is 23.8 Å². The third kappa shape index (κ3) is 2.78. The highest BCUT2D eigenvalue weighted by Gasteiger charge is 1.97. The van der Waals surface area contributed by atoms with E-state index in [4.69, 9.17) is 16.9 Å². The molecule has 0 bridgehead atoms. The second-order valence-corrected chi connectivity index (χ2v) is 2.54. The molecule has 0 spiro atoms. The fraction of sp³-hybridized carbons (Fsp3) is 0.100. The van der Waals surface area contributed by atoms with Gasteiger partial charge < -0.3 is 0 Å². The predicted octanol–water partition coefficient (Wildman–Crippen LogP) is 2.29. The van der Waals surface area contributed by atoms with Crippen LogP contribution in [0.2, 0.25) is 0 Å². The van der Waals surface area contributed by atoms with Crippen LogP contribution in [0.15, 0.2) is 18.2 Å². The van der Waals surface area contributed by atoms with Crippen LogP contribution < -0.4 is 0 Å². The minimum Gasteiger partial charge on any atom is -0.207 e. The number of rotatable bonds is 0. The van der Waals surface area contributed by atoms with E-state index in [1.807, 2.05) is 6.07 Å². The molecule has 0 atom stereocenters. The van der Waals surface area contributed by atoms with Crippen molar-refractivity contribution in [3.8, 4) is 17.9 Å². The first kappa shape index (κ1) is 9.58. The number of nitrogens with zero attached hydrogens (tertiary/aromatic N) is 1. The second-order valence-electron chi connectivity index (χ2n) is 2.28. The molecule has 0 aliphatic carbocycles. The van der Waals surface area contributed by atoms with Crippen LogP contribution >= 0.6 is 11.6 Å². The quantitative estimate of drug-likeness (QED) is 0.458. The molecule has 1 nitrogen and oxygen atoms in total. The first-order valence-corrected chi connectivity index (χ1v) is 4.05. The largest absolute Gasteiger partial charge is 0.207 e. The van der Waals surface area contributed by atoms with Crippen molar-refractivity contribution in [3.05, 3.63) is 35.1 Å². The van der Waals surface area contributed by atoms with Gasteiger partial charge in [0.1, 0.15) is 5.82 Å². The average Bonchev–Trinajstić information content (AvgIpc) is 2.14. The number of nitriles is 1. The maximum absolute atomic E-state index is 12.8. The Balaban J connectivity index is 3.10.